The van der Waals surface area contributed by atoms with Crippen molar-refractivity contribution in [2.45, 2.75) is 20.0 Å². The molecule has 0 saturated heterocycles. The molecule has 23 heavy (non-hydrogen) atoms. The number of nitrogens with one attached hydrogen (secondary N) is 2. The van der Waals surface area contributed by atoms with Crippen LogP contribution in [0.1, 0.15) is 15.4 Å². The molecule has 4 nitrogen and oxygen atoms in total. The van der Waals surface area contributed by atoms with Gasteiger partial charge in [-0.2, -0.15) is 0 Å². The summed E-state index contributed by atoms with van der Waals surface area (Å²) in [5, 5.41) is 10.2. The summed E-state index contributed by atoms with van der Waals surface area (Å²) in [5.74, 6) is 0.783. The number of nitrogens with zero attached hydrogens (tertiary/aromatic N) is 2. The molecule has 0 fully saturated rings. The number of hydrogen-bond acceptors (Lipinski definition) is 3. The summed E-state index contributed by atoms with van der Waals surface area (Å²) in [6.07, 6.45) is 1.90. The smallest absolute Gasteiger partial charge is 0.191 e. The van der Waals surface area contributed by atoms with Gasteiger partial charge >= 0.3 is 0 Å². The zero-order valence-electron chi connectivity index (χ0n) is 13.3. The highest BCUT2D eigenvalue weighted by atomic mass is 32.1. The van der Waals surface area contributed by atoms with Crippen molar-refractivity contribution in [2.24, 2.45) is 4.99 Å². The van der Waals surface area contributed by atoms with Crippen molar-refractivity contribution in [1.29, 1.82) is 0 Å². The van der Waals surface area contributed by atoms with Gasteiger partial charge in [-0.25, -0.2) is 4.98 Å². The van der Waals surface area contributed by atoms with Crippen molar-refractivity contribution in [2.75, 3.05) is 7.05 Å². The molecule has 118 valence electrons. The van der Waals surface area contributed by atoms with Crippen LogP contribution in [0.4, 0.5) is 0 Å². The van der Waals surface area contributed by atoms with Gasteiger partial charge in [0.05, 0.1) is 6.54 Å². The highest BCUT2D eigenvalue weighted by Gasteiger charge is 2.02. The lowest BCUT2D eigenvalue weighted by Crippen LogP contribution is -2.36. The Morgan fingerprint density at radius 3 is 2.61 bits per heavy atom. The van der Waals surface area contributed by atoms with Gasteiger partial charge in [-0.1, -0.05) is 36.4 Å². The molecule has 5 heteroatoms. The van der Waals surface area contributed by atoms with Crippen LogP contribution in [0, 0.1) is 6.92 Å². The quantitative estimate of drug-likeness (QED) is 0.571. The van der Waals surface area contributed by atoms with Gasteiger partial charge in [0, 0.05) is 24.7 Å². The monoisotopic (exact) mass is 324 g/mol. The predicted molar refractivity (Wildman–Crippen MR) is 97.8 cm³/mol. The average Bonchev–Trinajstić information content (AvgIpc) is 3.00. The fraction of sp³-hybridized carbons (Fsp3) is 0.222. The maximum atomic E-state index is 4.35. The topological polar surface area (TPSA) is 49.3 Å². The van der Waals surface area contributed by atoms with Crippen molar-refractivity contribution in [3.05, 3.63) is 64.1 Å². The van der Waals surface area contributed by atoms with E-state index in [1.165, 1.54) is 21.2 Å². The van der Waals surface area contributed by atoms with Crippen molar-refractivity contribution in [1.82, 2.24) is 15.6 Å². The Hall–Kier alpha value is -2.40. The van der Waals surface area contributed by atoms with Crippen LogP contribution in [0.5, 0.6) is 0 Å². The van der Waals surface area contributed by atoms with Crippen LogP contribution in [0.15, 0.2) is 53.7 Å². The second kappa shape index (κ2) is 7.24. The first-order chi connectivity index (χ1) is 11.2. The van der Waals surface area contributed by atoms with Gasteiger partial charge in [-0.05, 0) is 29.3 Å². The number of guanidine groups is 1. The van der Waals surface area contributed by atoms with Crippen LogP contribution in [-0.4, -0.2) is 18.0 Å². The molecular weight excluding hydrogens is 304 g/mol. The van der Waals surface area contributed by atoms with E-state index in [2.05, 4.69) is 70.0 Å². The number of aryl methyl sites for hydroxylation is 1. The first-order valence-electron chi connectivity index (χ1n) is 7.58. The summed E-state index contributed by atoms with van der Waals surface area (Å²) in [6.45, 7) is 3.49. The van der Waals surface area contributed by atoms with Crippen LogP contribution in [0.25, 0.3) is 10.8 Å². The van der Waals surface area contributed by atoms with E-state index in [0.29, 0.717) is 6.54 Å². The van der Waals surface area contributed by atoms with E-state index in [4.69, 9.17) is 0 Å². The minimum atomic E-state index is 0.690. The van der Waals surface area contributed by atoms with Gasteiger partial charge in [0.15, 0.2) is 5.96 Å². The molecular formula is C18H20N4S. The van der Waals surface area contributed by atoms with Crippen LogP contribution in [-0.2, 0) is 13.1 Å². The third-order valence-electron chi connectivity index (χ3n) is 3.57. The van der Waals surface area contributed by atoms with Gasteiger partial charge in [-0.3, -0.25) is 4.99 Å². The first kappa shape index (κ1) is 15.5. The van der Waals surface area contributed by atoms with E-state index in [-0.39, 0.29) is 0 Å². The van der Waals surface area contributed by atoms with Crippen molar-refractivity contribution < 1.29 is 0 Å². The first-order valence-corrected chi connectivity index (χ1v) is 8.40. The Labute approximate surface area is 140 Å². The maximum absolute atomic E-state index is 4.35. The molecule has 1 heterocycles. The second-order valence-corrected chi connectivity index (χ2v) is 6.64. The number of fused-ring (bicyclic) bond motifs is 1. The summed E-state index contributed by atoms with van der Waals surface area (Å²) < 4.78 is 0. The number of rotatable bonds is 4. The Morgan fingerprint density at radius 2 is 1.87 bits per heavy atom. The molecule has 2 aromatic carbocycles. The molecule has 0 spiro atoms. The Balaban J connectivity index is 1.58. The van der Waals surface area contributed by atoms with E-state index in [0.717, 1.165) is 17.5 Å². The van der Waals surface area contributed by atoms with Crippen molar-refractivity contribution >= 4 is 28.1 Å². The lowest BCUT2D eigenvalue weighted by molar-refractivity contribution is 0.805. The minimum absolute atomic E-state index is 0.690. The summed E-state index contributed by atoms with van der Waals surface area (Å²) in [5.41, 5.74) is 1.23. The standard InChI is InChI=1S/C18H20N4S/c1-13-10-20-17(23-13)12-22-18(19-2)21-11-14-7-8-15-5-3-4-6-16(15)9-14/h3-10H,11-12H2,1-2H3,(H2,19,21,22). The van der Waals surface area contributed by atoms with E-state index < -0.39 is 0 Å². The lowest BCUT2D eigenvalue weighted by atomic mass is 10.1. The molecule has 0 bridgehead atoms. The molecule has 0 radical (unpaired) electrons. The maximum Gasteiger partial charge on any atom is 0.191 e. The number of hydrogen-bond donors (Lipinski definition) is 2. The molecule has 0 aliphatic heterocycles. The number of benzene rings is 2. The van der Waals surface area contributed by atoms with Crippen molar-refractivity contribution in [3.8, 4) is 0 Å². The van der Waals surface area contributed by atoms with Gasteiger partial charge in [0.1, 0.15) is 5.01 Å². The number of aromatic nitrogens is 1. The second-order valence-electron chi connectivity index (χ2n) is 5.33. The summed E-state index contributed by atoms with van der Waals surface area (Å²) in [7, 11) is 1.78. The van der Waals surface area contributed by atoms with Gasteiger partial charge in [-0.15, -0.1) is 11.3 Å². The molecule has 3 rings (SSSR count). The van der Waals surface area contributed by atoms with E-state index in [1.54, 1.807) is 18.4 Å². The molecule has 0 amide bonds. The molecule has 0 aliphatic rings. The summed E-state index contributed by atoms with van der Waals surface area (Å²) >= 11 is 1.70. The Morgan fingerprint density at radius 1 is 1.09 bits per heavy atom. The molecule has 1 aromatic heterocycles. The van der Waals surface area contributed by atoms with E-state index in [9.17, 15) is 0 Å². The normalized spacial score (nSPS) is 11.7. The highest BCUT2D eigenvalue weighted by Crippen LogP contribution is 2.15. The van der Waals surface area contributed by atoms with Gasteiger partial charge in [0.2, 0.25) is 0 Å². The average molecular weight is 324 g/mol. The van der Waals surface area contributed by atoms with Crippen LogP contribution in [0.2, 0.25) is 0 Å². The van der Waals surface area contributed by atoms with E-state index in [1.807, 2.05) is 6.20 Å². The number of thiazole rings is 1. The molecule has 0 atom stereocenters. The zero-order valence-corrected chi connectivity index (χ0v) is 14.2. The predicted octanol–water partition coefficient (Wildman–Crippen LogP) is 3.47. The molecule has 2 N–H and O–H groups in total. The third kappa shape index (κ3) is 4.07. The number of aliphatic imine (C=N–C) groups is 1. The van der Waals surface area contributed by atoms with Gasteiger partial charge in [0.25, 0.3) is 0 Å². The fourth-order valence-corrected chi connectivity index (χ4v) is 3.12. The van der Waals surface area contributed by atoms with E-state index >= 15 is 0 Å². The van der Waals surface area contributed by atoms with Crippen LogP contribution in [0.3, 0.4) is 0 Å². The van der Waals surface area contributed by atoms with Gasteiger partial charge < -0.3 is 10.6 Å². The summed E-state index contributed by atoms with van der Waals surface area (Å²) in [4.78, 5) is 9.83. The highest BCUT2D eigenvalue weighted by molar-refractivity contribution is 7.11. The molecule has 3 aromatic rings. The van der Waals surface area contributed by atoms with Crippen LogP contribution >= 0.6 is 11.3 Å². The Kier molecular flexibility index (Phi) is 4.88. The SMILES string of the molecule is CN=C(NCc1ccc2ccccc2c1)NCc1ncc(C)s1. The molecule has 0 unspecified atom stereocenters. The van der Waals surface area contributed by atoms with Crippen LogP contribution < -0.4 is 10.6 Å². The summed E-state index contributed by atoms with van der Waals surface area (Å²) in [6, 6.07) is 14.9. The molecule has 0 saturated carbocycles. The fourth-order valence-electron chi connectivity index (χ4n) is 2.40. The zero-order chi connectivity index (χ0) is 16.1. The van der Waals surface area contributed by atoms with Crippen molar-refractivity contribution in [3.63, 3.8) is 0 Å². The lowest BCUT2D eigenvalue weighted by Gasteiger charge is -2.11. The Bertz CT molecular complexity index is 823. The molecule has 0 aliphatic carbocycles. The largest absolute Gasteiger partial charge is 0.352 e. The minimum Gasteiger partial charge on any atom is -0.352 e. The third-order valence-corrected chi connectivity index (χ3v) is 4.49.